The molecule has 0 N–H and O–H groups in total. The zero-order chi connectivity index (χ0) is 25.9. The molecule has 0 aromatic rings. The molecule has 6 nitrogen and oxygen atoms in total. The van der Waals surface area contributed by atoms with Gasteiger partial charge in [-0.1, -0.05) is 51.5 Å². The van der Waals surface area contributed by atoms with Crippen molar-refractivity contribution in [1.29, 1.82) is 0 Å². The van der Waals surface area contributed by atoms with Crippen molar-refractivity contribution in [2.45, 2.75) is 110 Å². The minimum Gasteiger partial charge on any atom is -0.461 e. The summed E-state index contributed by atoms with van der Waals surface area (Å²) in [5.74, 6) is -0.867. The lowest BCUT2D eigenvalue weighted by atomic mass is 9.93. The Morgan fingerprint density at radius 2 is 1.85 bits per heavy atom. The maximum absolute atomic E-state index is 12.3. The van der Waals surface area contributed by atoms with E-state index in [9.17, 15) is 14.4 Å². The fraction of sp³-hybridized carbons (Fsp3) is 0.679. The molecule has 0 amide bonds. The van der Waals surface area contributed by atoms with Gasteiger partial charge in [0.1, 0.15) is 18.0 Å². The minimum atomic E-state index is -0.506. The van der Waals surface area contributed by atoms with Crippen LogP contribution >= 0.6 is 0 Å². The first-order valence-corrected chi connectivity index (χ1v) is 12.4. The van der Waals surface area contributed by atoms with Gasteiger partial charge in [0.25, 0.3) is 0 Å². The van der Waals surface area contributed by atoms with E-state index < -0.39 is 12.1 Å². The normalized spacial score (nSPS) is 25.2. The van der Waals surface area contributed by atoms with E-state index in [0.717, 1.165) is 24.8 Å². The van der Waals surface area contributed by atoms with E-state index in [1.165, 1.54) is 13.0 Å². The predicted octanol–water partition coefficient (Wildman–Crippen LogP) is 5.90. The van der Waals surface area contributed by atoms with Gasteiger partial charge in [-0.05, 0) is 46.0 Å². The Morgan fingerprint density at radius 1 is 1.18 bits per heavy atom. The van der Waals surface area contributed by atoms with E-state index in [-0.39, 0.29) is 54.2 Å². The van der Waals surface area contributed by atoms with Crippen molar-refractivity contribution < 1.29 is 28.6 Å². The molecule has 1 rings (SSSR count). The Kier molecular flexibility index (Phi) is 12.5. The molecule has 0 saturated carbocycles. The number of hydrogen-bond acceptors (Lipinski definition) is 6. The number of allylic oxidation sites excluding steroid dienone is 2. The third-order valence-corrected chi connectivity index (χ3v) is 6.32. The van der Waals surface area contributed by atoms with Gasteiger partial charge in [0.05, 0.1) is 18.1 Å². The third kappa shape index (κ3) is 10.4. The van der Waals surface area contributed by atoms with Crippen molar-refractivity contribution >= 4 is 17.7 Å². The van der Waals surface area contributed by atoms with Crippen LogP contribution in [0.2, 0.25) is 0 Å². The second-order valence-corrected chi connectivity index (χ2v) is 10.0. The molecule has 0 aromatic heterocycles. The lowest BCUT2D eigenvalue weighted by Gasteiger charge is -2.24. The smallest absolute Gasteiger partial charge is 0.330 e. The van der Waals surface area contributed by atoms with Crippen molar-refractivity contribution in [3.05, 3.63) is 37.0 Å². The third-order valence-electron chi connectivity index (χ3n) is 6.32. The maximum Gasteiger partial charge on any atom is 0.330 e. The molecule has 0 radical (unpaired) electrons. The van der Waals surface area contributed by atoms with Crippen molar-refractivity contribution in [2.24, 2.45) is 11.8 Å². The van der Waals surface area contributed by atoms with Crippen LogP contribution in [0, 0.1) is 11.8 Å². The first-order chi connectivity index (χ1) is 15.9. The fourth-order valence-corrected chi connectivity index (χ4v) is 4.49. The van der Waals surface area contributed by atoms with Crippen LogP contribution in [-0.4, -0.2) is 41.6 Å². The zero-order valence-corrected chi connectivity index (χ0v) is 21.9. The number of Topliss-reactive ketones (excluding diaryl/α,β-unsaturated/α-hetero) is 1. The summed E-state index contributed by atoms with van der Waals surface area (Å²) in [5, 5.41) is 0. The molecule has 0 aromatic carbocycles. The molecule has 1 aliphatic heterocycles. The van der Waals surface area contributed by atoms with Crippen molar-refractivity contribution in [3.8, 4) is 0 Å². The summed E-state index contributed by atoms with van der Waals surface area (Å²) >= 11 is 0. The highest BCUT2D eigenvalue weighted by Crippen LogP contribution is 2.38. The quantitative estimate of drug-likeness (QED) is 0.166. The van der Waals surface area contributed by atoms with Crippen LogP contribution in [-0.2, 0) is 28.6 Å². The fourth-order valence-electron chi connectivity index (χ4n) is 4.49. The van der Waals surface area contributed by atoms with E-state index in [2.05, 4.69) is 33.1 Å². The molecule has 192 valence electrons. The van der Waals surface area contributed by atoms with E-state index in [4.69, 9.17) is 14.2 Å². The highest BCUT2D eigenvalue weighted by Gasteiger charge is 2.44. The average molecular weight is 477 g/mol. The van der Waals surface area contributed by atoms with Gasteiger partial charge in [-0.3, -0.25) is 9.59 Å². The van der Waals surface area contributed by atoms with Crippen LogP contribution < -0.4 is 0 Å². The van der Waals surface area contributed by atoms with Gasteiger partial charge in [-0.2, -0.15) is 0 Å². The van der Waals surface area contributed by atoms with E-state index >= 15 is 0 Å². The van der Waals surface area contributed by atoms with E-state index in [0.29, 0.717) is 12.8 Å². The van der Waals surface area contributed by atoms with Gasteiger partial charge >= 0.3 is 11.9 Å². The molecule has 6 heteroatoms. The minimum absolute atomic E-state index is 0.0194. The van der Waals surface area contributed by atoms with Gasteiger partial charge in [0.2, 0.25) is 0 Å². The molecule has 0 bridgehead atoms. The Bertz CT molecular complexity index is 754. The highest BCUT2D eigenvalue weighted by atomic mass is 16.6. The largest absolute Gasteiger partial charge is 0.461 e. The first-order valence-electron chi connectivity index (χ1n) is 12.4. The SMILES string of the molecule is C=CC(=O)O[C@@H]1C[C@@](C)(CCC)O[C@H]1CC/C(C)=C/[C@@H](C)[C@H](CC(C)=O)OC(=O)C[C@H](C)C=C. The van der Waals surface area contributed by atoms with Crippen LogP contribution in [0.3, 0.4) is 0 Å². The summed E-state index contributed by atoms with van der Waals surface area (Å²) in [4.78, 5) is 35.9. The molecule has 6 atom stereocenters. The number of hydrogen-bond donors (Lipinski definition) is 0. The molecular formula is C28H44O6. The predicted molar refractivity (Wildman–Crippen MR) is 134 cm³/mol. The zero-order valence-electron chi connectivity index (χ0n) is 21.9. The second kappa shape index (κ2) is 14.2. The van der Waals surface area contributed by atoms with Crippen LogP contribution in [0.25, 0.3) is 0 Å². The van der Waals surface area contributed by atoms with Crippen LogP contribution in [0.5, 0.6) is 0 Å². The van der Waals surface area contributed by atoms with Crippen molar-refractivity contribution in [1.82, 2.24) is 0 Å². The van der Waals surface area contributed by atoms with Gasteiger partial charge < -0.3 is 14.2 Å². The van der Waals surface area contributed by atoms with E-state index in [1.54, 1.807) is 6.08 Å². The van der Waals surface area contributed by atoms with Crippen molar-refractivity contribution in [2.75, 3.05) is 0 Å². The lowest BCUT2D eigenvalue weighted by Crippen LogP contribution is -2.28. The summed E-state index contributed by atoms with van der Waals surface area (Å²) in [6.07, 6.45) is 8.40. The van der Waals surface area contributed by atoms with Gasteiger partial charge in [0.15, 0.2) is 0 Å². The number of carbonyl (C=O) groups is 3. The van der Waals surface area contributed by atoms with Gasteiger partial charge in [-0.15, -0.1) is 6.58 Å². The number of carbonyl (C=O) groups excluding carboxylic acids is 3. The Balaban J connectivity index is 2.82. The lowest BCUT2D eigenvalue weighted by molar-refractivity contribution is -0.152. The average Bonchev–Trinajstić information content (AvgIpc) is 3.06. The number of esters is 2. The Morgan fingerprint density at radius 3 is 2.41 bits per heavy atom. The molecule has 1 aliphatic rings. The van der Waals surface area contributed by atoms with Crippen LogP contribution in [0.4, 0.5) is 0 Å². The molecule has 1 fully saturated rings. The first kappa shape index (κ1) is 29.8. The summed E-state index contributed by atoms with van der Waals surface area (Å²) in [5.41, 5.74) is 0.804. The molecule has 0 spiro atoms. The highest BCUT2D eigenvalue weighted by molar-refractivity contribution is 5.81. The summed E-state index contributed by atoms with van der Waals surface area (Å²) in [6.45, 7) is 18.8. The Hall–Kier alpha value is -2.21. The summed E-state index contributed by atoms with van der Waals surface area (Å²) in [6, 6.07) is 0. The maximum atomic E-state index is 12.3. The van der Waals surface area contributed by atoms with Crippen molar-refractivity contribution in [3.63, 3.8) is 0 Å². The molecule has 34 heavy (non-hydrogen) atoms. The molecule has 1 heterocycles. The number of ketones is 1. The molecule has 0 aliphatic carbocycles. The standard InChI is InChI=1S/C28H44O6/c1-9-14-28(8)18-25(33-26(30)11-3)23(34-28)13-12-20(5)15-21(6)24(17-22(7)29)32-27(31)16-19(4)10-2/h10-11,15,19,21,23-25H,2-3,9,12-14,16-18H2,1,4-8H3/b20-15+/t19-,21-,23+,24+,25-,28-/m1/s1. The Labute approximate surface area is 205 Å². The summed E-state index contributed by atoms with van der Waals surface area (Å²) < 4.78 is 17.6. The number of ether oxygens (including phenoxy) is 3. The second-order valence-electron chi connectivity index (χ2n) is 10.0. The molecule has 1 saturated heterocycles. The van der Waals surface area contributed by atoms with Crippen LogP contribution in [0.1, 0.15) is 86.5 Å². The summed E-state index contributed by atoms with van der Waals surface area (Å²) in [7, 11) is 0. The topological polar surface area (TPSA) is 78.9 Å². The van der Waals surface area contributed by atoms with Crippen LogP contribution in [0.15, 0.2) is 37.0 Å². The molecule has 0 unspecified atom stereocenters. The van der Waals surface area contributed by atoms with E-state index in [1.807, 2.05) is 20.8 Å². The van der Waals surface area contributed by atoms with Gasteiger partial charge in [0, 0.05) is 24.8 Å². The monoisotopic (exact) mass is 476 g/mol. The van der Waals surface area contributed by atoms with Gasteiger partial charge in [-0.25, -0.2) is 4.79 Å². The molecular weight excluding hydrogens is 432 g/mol. The number of rotatable bonds is 15.